The Morgan fingerprint density at radius 1 is 1.18 bits per heavy atom. The number of carbonyl (C=O) groups excluding carboxylic acids is 1. The maximum atomic E-state index is 13.4. The molecule has 0 radical (unpaired) electrons. The Balaban J connectivity index is 1.52. The highest BCUT2D eigenvalue weighted by Gasteiger charge is 2.35. The molecule has 0 saturated carbocycles. The van der Waals surface area contributed by atoms with Crippen molar-refractivity contribution in [2.75, 3.05) is 13.6 Å². The molecule has 9 heteroatoms. The largest absolute Gasteiger partial charge is 0.467 e. The molecule has 8 nitrogen and oxygen atoms in total. The van der Waals surface area contributed by atoms with Gasteiger partial charge in [-0.25, -0.2) is 18.6 Å². The highest BCUT2D eigenvalue weighted by Crippen LogP contribution is 2.33. The number of sulfonamides is 1. The van der Waals surface area contributed by atoms with Crippen molar-refractivity contribution in [1.29, 1.82) is 0 Å². The number of benzene rings is 2. The van der Waals surface area contributed by atoms with Gasteiger partial charge in [-0.1, -0.05) is 42.0 Å². The summed E-state index contributed by atoms with van der Waals surface area (Å²) in [5, 5.41) is 11.4. The molecule has 1 amide bonds. The average Bonchev–Trinajstić information content (AvgIpc) is 3.48. The predicted octanol–water partition coefficient (Wildman–Crippen LogP) is 3.61. The number of hydrazone groups is 1. The molecule has 0 fully saturated rings. The second-order valence-corrected chi connectivity index (χ2v) is 10.2. The van der Waals surface area contributed by atoms with E-state index in [4.69, 9.17) is 9.56 Å². The smallest absolute Gasteiger partial charge is 0.257 e. The Bertz CT molecular complexity index is 1280. The first-order valence-electron chi connectivity index (χ1n) is 11.0. The molecule has 0 spiro atoms. The topological polar surface area (TPSA) is 109 Å². The molecule has 178 valence electrons. The Morgan fingerprint density at radius 2 is 1.85 bits per heavy atom. The van der Waals surface area contributed by atoms with Crippen molar-refractivity contribution >= 4 is 21.6 Å². The maximum absolute atomic E-state index is 13.4. The van der Waals surface area contributed by atoms with Gasteiger partial charge in [-0.2, -0.15) is 5.10 Å². The van der Waals surface area contributed by atoms with Crippen molar-refractivity contribution in [2.45, 2.75) is 37.2 Å². The van der Waals surface area contributed by atoms with Crippen LogP contribution in [0.25, 0.3) is 0 Å². The first-order valence-corrected chi connectivity index (χ1v) is 12.5. The maximum Gasteiger partial charge on any atom is 0.257 e. The molecule has 0 saturated heterocycles. The molecule has 0 unspecified atom stereocenters. The molecule has 1 aromatic heterocycles. The molecule has 0 aliphatic carbocycles. The average molecular weight is 481 g/mol. The summed E-state index contributed by atoms with van der Waals surface area (Å²) in [6, 6.07) is 17.7. The van der Waals surface area contributed by atoms with Gasteiger partial charge in [-0.3, -0.25) is 9.69 Å². The summed E-state index contributed by atoms with van der Waals surface area (Å²) in [5.74, 6) is 0.535. The number of furan rings is 1. The zero-order chi connectivity index (χ0) is 24.5. The van der Waals surface area contributed by atoms with Crippen LogP contribution in [0.15, 0.2) is 81.3 Å². The van der Waals surface area contributed by atoms with Crippen LogP contribution in [0, 0.1) is 6.92 Å². The number of hydrogen-bond acceptors (Lipinski definition) is 6. The lowest BCUT2D eigenvalue weighted by Gasteiger charge is -2.27. The number of amides is 1. The van der Waals surface area contributed by atoms with Crippen molar-refractivity contribution in [3.05, 3.63) is 89.4 Å². The van der Waals surface area contributed by atoms with Gasteiger partial charge in [0.1, 0.15) is 11.8 Å². The molecule has 2 atom stereocenters. The molecule has 34 heavy (non-hydrogen) atoms. The first-order chi connectivity index (χ1) is 16.1. The highest BCUT2D eigenvalue weighted by atomic mass is 32.2. The fraction of sp³-hybridized carbons (Fsp3) is 0.280. The van der Waals surface area contributed by atoms with E-state index >= 15 is 0 Å². The number of likely N-dealkylation sites (N-methyl/N-ethyl adjacent to an activating group) is 1. The summed E-state index contributed by atoms with van der Waals surface area (Å²) in [4.78, 5) is 15.3. The normalized spacial score (nSPS) is 17.1. The van der Waals surface area contributed by atoms with Crippen LogP contribution >= 0.6 is 0 Å². The number of carbonyl (C=O) groups is 1. The molecule has 0 bridgehead atoms. The van der Waals surface area contributed by atoms with E-state index in [-0.39, 0.29) is 29.4 Å². The second kappa shape index (κ2) is 9.54. The minimum Gasteiger partial charge on any atom is -0.467 e. The zero-order valence-corrected chi connectivity index (χ0v) is 20.2. The molecule has 1 aliphatic heterocycles. The molecule has 2 heterocycles. The van der Waals surface area contributed by atoms with Crippen LogP contribution in [0.3, 0.4) is 0 Å². The molecule has 2 aromatic carbocycles. The number of nitrogens with two attached hydrogens (primary N) is 1. The minimum atomic E-state index is -3.75. The summed E-state index contributed by atoms with van der Waals surface area (Å²) < 4.78 is 28.6. The van der Waals surface area contributed by atoms with Crippen LogP contribution < -0.4 is 5.14 Å². The minimum absolute atomic E-state index is 0.0542. The third-order valence-electron chi connectivity index (χ3n) is 6.16. The van der Waals surface area contributed by atoms with E-state index in [2.05, 4.69) is 5.10 Å². The SMILES string of the molecule is Cc1ccc(C2=NN(C(=O)CN(C)[C@@H](C)c3ccc(S(N)(=O)=O)cc3)[C@H](c3ccco3)C2)cc1. The van der Waals surface area contributed by atoms with E-state index in [9.17, 15) is 13.2 Å². The van der Waals surface area contributed by atoms with Gasteiger partial charge in [0.15, 0.2) is 0 Å². The van der Waals surface area contributed by atoms with Crippen molar-refractivity contribution in [1.82, 2.24) is 9.91 Å². The van der Waals surface area contributed by atoms with Gasteiger partial charge in [-0.05, 0) is 56.3 Å². The van der Waals surface area contributed by atoms with Crippen LogP contribution in [0.1, 0.15) is 47.9 Å². The van der Waals surface area contributed by atoms with Gasteiger partial charge >= 0.3 is 0 Å². The van der Waals surface area contributed by atoms with Crippen molar-refractivity contribution < 1.29 is 17.6 Å². The summed E-state index contributed by atoms with van der Waals surface area (Å²) in [5.41, 5.74) is 3.85. The molecule has 1 aliphatic rings. The van der Waals surface area contributed by atoms with Gasteiger partial charge in [0.25, 0.3) is 5.91 Å². The van der Waals surface area contributed by atoms with Gasteiger partial charge in [0.05, 0.1) is 23.4 Å². The lowest BCUT2D eigenvalue weighted by atomic mass is 10.0. The van der Waals surface area contributed by atoms with Crippen molar-refractivity contribution in [3.63, 3.8) is 0 Å². The third-order valence-corrected chi connectivity index (χ3v) is 7.09. The lowest BCUT2D eigenvalue weighted by Crippen LogP contribution is -2.37. The van der Waals surface area contributed by atoms with Gasteiger partial charge in [0.2, 0.25) is 10.0 Å². The second-order valence-electron chi connectivity index (χ2n) is 8.59. The molecule has 3 aromatic rings. The van der Waals surface area contributed by atoms with E-state index < -0.39 is 10.0 Å². The van der Waals surface area contributed by atoms with Gasteiger partial charge in [0, 0.05) is 12.5 Å². The quantitative estimate of drug-likeness (QED) is 0.556. The first kappa shape index (κ1) is 23.9. The number of hydrogen-bond donors (Lipinski definition) is 1. The van der Waals surface area contributed by atoms with Crippen LogP contribution in [0.5, 0.6) is 0 Å². The Morgan fingerprint density at radius 3 is 2.44 bits per heavy atom. The van der Waals surface area contributed by atoms with E-state index in [1.165, 1.54) is 17.1 Å². The summed E-state index contributed by atoms with van der Waals surface area (Å²) >= 11 is 0. The zero-order valence-electron chi connectivity index (χ0n) is 19.4. The summed E-state index contributed by atoms with van der Waals surface area (Å²) in [7, 11) is -1.91. The summed E-state index contributed by atoms with van der Waals surface area (Å²) in [6.07, 6.45) is 2.16. The monoisotopic (exact) mass is 480 g/mol. The highest BCUT2D eigenvalue weighted by molar-refractivity contribution is 7.89. The molecular formula is C25H28N4O4S. The Kier molecular flexibility index (Phi) is 6.70. The Hall–Kier alpha value is -3.27. The van der Waals surface area contributed by atoms with E-state index in [1.54, 1.807) is 24.5 Å². The van der Waals surface area contributed by atoms with E-state index in [1.807, 2.05) is 56.1 Å². The molecule has 4 rings (SSSR count). The van der Waals surface area contributed by atoms with Crippen LogP contribution in [0.4, 0.5) is 0 Å². The number of primary sulfonamides is 1. The van der Waals surface area contributed by atoms with Crippen LogP contribution in [-0.2, 0) is 14.8 Å². The van der Waals surface area contributed by atoms with Crippen molar-refractivity contribution in [2.24, 2.45) is 10.2 Å². The number of nitrogens with zero attached hydrogens (tertiary/aromatic N) is 3. The van der Waals surface area contributed by atoms with E-state index in [0.29, 0.717) is 12.2 Å². The van der Waals surface area contributed by atoms with Gasteiger partial charge < -0.3 is 4.42 Å². The standard InChI is InChI=1S/C25H28N4O4S/c1-17-6-8-20(9-7-17)22-15-23(24-5-4-14-33-24)29(27-22)25(30)16-28(3)18(2)19-10-12-21(13-11-19)34(26,31)32/h4-14,18,23H,15-16H2,1-3H3,(H2,26,31,32)/t18-,23-/m0/s1. The molecule has 2 N–H and O–H groups in total. The van der Waals surface area contributed by atoms with E-state index in [0.717, 1.165) is 22.4 Å². The molecular weight excluding hydrogens is 452 g/mol. The van der Waals surface area contributed by atoms with Crippen LogP contribution in [0.2, 0.25) is 0 Å². The summed E-state index contributed by atoms with van der Waals surface area (Å²) in [6.45, 7) is 4.11. The fourth-order valence-corrected chi connectivity index (χ4v) is 4.49. The number of aryl methyl sites for hydroxylation is 1. The fourth-order valence-electron chi connectivity index (χ4n) is 3.98. The lowest BCUT2D eigenvalue weighted by molar-refractivity contribution is -0.134. The van der Waals surface area contributed by atoms with Crippen molar-refractivity contribution in [3.8, 4) is 0 Å². The third kappa shape index (κ3) is 5.11. The number of rotatable bonds is 7. The van der Waals surface area contributed by atoms with Crippen LogP contribution in [-0.4, -0.2) is 43.5 Å². The van der Waals surface area contributed by atoms with Gasteiger partial charge in [-0.15, -0.1) is 0 Å². The predicted molar refractivity (Wildman–Crippen MR) is 129 cm³/mol. The Labute approximate surface area is 199 Å².